The lowest BCUT2D eigenvalue weighted by Crippen LogP contribution is -2.09. The number of hydrogen-bond donors (Lipinski definition) is 1. The molecule has 3 aromatic carbocycles. The number of rotatable bonds is 7. The predicted octanol–water partition coefficient (Wildman–Crippen LogP) is 6.65. The van der Waals surface area contributed by atoms with Gasteiger partial charge in [-0.1, -0.05) is 66.2 Å². The highest BCUT2D eigenvalue weighted by Gasteiger charge is 2.14. The van der Waals surface area contributed by atoms with Crippen LogP contribution in [0.15, 0.2) is 78.9 Å². The van der Waals surface area contributed by atoms with Crippen molar-refractivity contribution in [3.05, 3.63) is 101 Å². The quantitative estimate of drug-likeness (QED) is 0.267. The zero-order valence-corrected chi connectivity index (χ0v) is 17.1. The Balaban J connectivity index is 2.17. The van der Waals surface area contributed by atoms with Crippen LogP contribution in [0.5, 0.6) is 5.75 Å². The van der Waals surface area contributed by atoms with E-state index in [0.29, 0.717) is 16.7 Å². The molecule has 0 saturated heterocycles. The molecule has 1 N–H and O–H groups in total. The van der Waals surface area contributed by atoms with E-state index in [1.54, 1.807) is 6.92 Å². The lowest BCUT2D eigenvalue weighted by Gasteiger charge is -2.17. The average Bonchev–Trinajstić information content (AvgIpc) is 2.70. The second kappa shape index (κ2) is 9.79. The van der Waals surface area contributed by atoms with Crippen LogP contribution in [0, 0.1) is 0 Å². The Morgan fingerprint density at radius 1 is 0.857 bits per heavy atom. The third-order valence-corrected chi connectivity index (χ3v) is 4.79. The average molecular weight is 413 g/mol. The predicted molar refractivity (Wildman–Crippen MR) is 118 cm³/mol. The van der Waals surface area contributed by atoms with Crippen LogP contribution in [-0.4, -0.2) is 17.3 Å². The summed E-state index contributed by atoms with van der Waals surface area (Å²) in [5.74, 6) is 1.14. The standard InChI is InChI=1S/C24H22Cl2O2/c1-17(27)28-22-13-9-20(10-14-22)24(19-7-11-21(26)12-8-19)23(15-16-25)18-5-3-2-4-6-18/h2-14,17,27H,15-16H2,1H3/b24-23+. The van der Waals surface area contributed by atoms with E-state index in [4.69, 9.17) is 27.9 Å². The van der Waals surface area contributed by atoms with E-state index in [2.05, 4.69) is 12.1 Å². The fourth-order valence-electron chi connectivity index (χ4n) is 3.18. The number of halogens is 2. The summed E-state index contributed by atoms with van der Waals surface area (Å²) in [6.45, 7) is 1.58. The summed E-state index contributed by atoms with van der Waals surface area (Å²) in [7, 11) is 0. The lowest BCUT2D eigenvalue weighted by molar-refractivity contribution is -0.000293. The largest absolute Gasteiger partial charge is 0.465 e. The van der Waals surface area contributed by atoms with Crippen molar-refractivity contribution in [2.45, 2.75) is 19.6 Å². The summed E-state index contributed by atoms with van der Waals surface area (Å²) in [5, 5.41) is 10.1. The molecular formula is C24H22Cl2O2. The molecule has 0 saturated carbocycles. The molecule has 2 nitrogen and oxygen atoms in total. The molecule has 0 fully saturated rings. The maximum atomic E-state index is 9.44. The van der Waals surface area contributed by atoms with Gasteiger partial charge in [0.1, 0.15) is 5.75 Å². The first-order valence-corrected chi connectivity index (χ1v) is 10.1. The van der Waals surface area contributed by atoms with Crippen molar-refractivity contribution in [1.29, 1.82) is 0 Å². The van der Waals surface area contributed by atoms with Gasteiger partial charge in [-0.3, -0.25) is 0 Å². The molecule has 0 amide bonds. The Kier molecular flexibility index (Phi) is 7.16. The fourth-order valence-corrected chi connectivity index (χ4v) is 3.49. The molecule has 1 atom stereocenters. The normalized spacial score (nSPS) is 13.0. The topological polar surface area (TPSA) is 29.5 Å². The number of benzene rings is 3. The summed E-state index contributed by atoms with van der Waals surface area (Å²) >= 11 is 12.3. The molecule has 0 aliphatic heterocycles. The highest BCUT2D eigenvalue weighted by atomic mass is 35.5. The second-order valence-electron chi connectivity index (χ2n) is 6.41. The number of hydrogen-bond acceptors (Lipinski definition) is 2. The molecule has 0 aliphatic rings. The Hall–Kier alpha value is -2.26. The van der Waals surface area contributed by atoms with Crippen molar-refractivity contribution in [2.24, 2.45) is 0 Å². The first kappa shape index (κ1) is 20.5. The van der Waals surface area contributed by atoms with Gasteiger partial charge in [0, 0.05) is 10.9 Å². The van der Waals surface area contributed by atoms with E-state index in [1.807, 2.05) is 66.7 Å². The Morgan fingerprint density at radius 3 is 1.96 bits per heavy atom. The van der Waals surface area contributed by atoms with Crippen LogP contribution in [-0.2, 0) is 0 Å². The van der Waals surface area contributed by atoms with Crippen LogP contribution < -0.4 is 4.74 Å². The molecule has 0 spiro atoms. The smallest absolute Gasteiger partial charge is 0.194 e. The highest BCUT2D eigenvalue weighted by Crippen LogP contribution is 2.35. The molecule has 4 heteroatoms. The molecule has 0 radical (unpaired) electrons. The summed E-state index contributed by atoms with van der Waals surface area (Å²) in [6.07, 6.45) is -0.122. The number of aliphatic hydroxyl groups is 1. The van der Waals surface area contributed by atoms with Crippen molar-refractivity contribution >= 4 is 34.3 Å². The summed E-state index contributed by atoms with van der Waals surface area (Å²) in [4.78, 5) is 0. The minimum Gasteiger partial charge on any atom is -0.465 e. The van der Waals surface area contributed by atoms with Crippen LogP contribution in [0.4, 0.5) is 0 Å². The molecule has 0 aromatic heterocycles. The maximum absolute atomic E-state index is 9.44. The number of allylic oxidation sites excluding steroid dienone is 1. The Bertz CT molecular complexity index is 915. The van der Waals surface area contributed by atoms with Gasteiger partial charge in [-0.15, -0.1) is 11.6 Å². The van der Waals surface area contributed by atoms with Gasteiger partial charge in [0.15, 0.2) is 6.29 Å². The molecule has 0 bridgehead atoms. The van der Waals surface area contributed by atoms with Crippen LogP contribution in [0.25, 0.3) is 11.1 Å². The minimum atomic E-state index is -0.853. The first-order valence-electron chi connectivity index (χ1n) is 9.14. The monoisotopic (exact) mass is 412 g/mol. The second-order valence-corrected chi connectivity index (χ2v) is 7.22. The van der Waals surface area contributed by atoms with Crippen LogP contribution >= 0.6 is 23.2 Å². The van der Waals surface area contributed by atoms with Gasteiger partial charge < -0.3 is 9.84 Å². The number of alkyl halides is 1. The van der Waals surface area contributed by atoms with Crippen molar-refractivity contribution in [3.8, 4) is 5.75 Å². The molecular weight excluding hydrogens is 391 g/mol. The molecule has 0 aliphatic carbocycles. The zero-order valence-electron chi connectivity index (χ0n) is 15.6. The molecule has 28 heavy (non-hydrogen) atoms. The van der Waals surface area contributed by atoms with Crippen LogP contribution in [0.1, 0.15) is 30.0 Å². The SMILES string of the molecule is CC(O)Oc1ccc(/C(=C(\CCCl)c2ccccc2)c2ccc(Cl)cc2)cc1. The van der Waals surface area contributed by atoms with Crippen LogP contribution in [0.3, 0.4) is 0 Å². The molecule has 0 heterocycles. The maximum Gasteiger partial charge on any atom is 0.194 e. The van der Waals surface area contributed by atoms with Gasteiger partial charge >= 0.3 is 0 Å². The van der Waals surface area contributed by atoms with Gasteiger partial charge in [-0.05, 0) is 65.4 Å². The number of aliphatic hydroxyl groups excluding tert-OH is 1. The van der Waals surface area contributed by atoms with E-state index in [-0.39, 0.29) is 0 Å². The summed E-state index contributed by atoms with van der Waals surface area (Å²) in [5.41, 5.74) is 5.52. The molecule has 1 unspecified atom stereocenters. The van der Waals surface area contributed by atoms with Gasteiger partial charge in [-0.25, -0.2) is 0 Å². The summed E-state index contributed by atoms with van der Waals surface area (Å²) in [6, 6.07) is 25.8. The van der Waals surface area contributed by atoms with Crippen molar-refractivity contribution in [2.75, 3.05) is 5.88 Å². The van der Waals surface area contributed by atoms with Gasteiger partial charge in [0.05, 0.1) is 0 Å². The molecule has 144 valence electrons. The van der Waals surface area contributed by atoms with E-state index in [1.165, 1.54) is 5.57 Å². The molecule has 3 aromatic rings. The van der Waals surface area contributed by atoms with Gasteiger partial charge in [0.2, 0.25) is 0 Å². The van der Waals surface area contributed by atoms with E-state index in [0.717, 1.165) is 28.7 Å². The van der Waals surface area contributed by atoms with E-state index >= 15 is 0 Å². The third kappa shape index (κ3) is 5.17. The summed E-state index contributed by atoms with van der Waals surface area (Å²) < 4.78 is 5.36. The van der Waals surface area contributed by atoms with Gasteiger partial charge in [-0.2, -0.15) is 0 Å². The zero-order chi connectivity index (χ0) is 19.9. The highest BCUT2D eigenvalue weighted by molar-refractivity contribution is 6.30. The third-order valence-electron chi connectivity index (χ3n) is 4.35. The first-order chi connectivity index (χ1) is 13.6. The van der Waals surface area contributed by atoms with E-state index < -0.39 is 6.29 Å². The Morgan fingerprint density at radius 2 is 1.43 bits per heavy atom. The Labute approximate surface area is 176 Å². The van der Waals surface area contributed by atoms with Crippen molar-refractivity contribution in [3.63, 3.8) is 0 Å². The molecule has 3 rings (SSSR count). The van der Waals surface area contributed by atoms with Gasteiger partial charge in [0.25, 0.3) is 0 Å². The lowest BCUT2D eigenvalue weighted by atomic mass is 9.88. The van der Waals surface area contributed by atoms with Crippen molar-refractivity contribution in [1.82, 2.24) is 0 Å². The van der Waals surface area contributed by atoms with E-state index in [9.17, 15) is 5.11 Å². The van der Waals surface area contributed by atoms with Crippen LogP contribution in [0.2, 0.25) is 5.02 Å². The van der Waals surface area contributed by atoms with Crippen molar-refractivity contribution < 1.29 is 9.84 Å². The fraction of sp³-hybridized carbons (Fsp3) is 0.167. The minimum absolute atomic E-state index is 0.518. The number of ether oxygens (including phenoxy) is 1.